The second-order valence-electron chi connectivity index (χ2n) is 7.49. The summed E-state index contributed by atoms with van der Waals surface area (Å²) in [7, 11) is 0. The summed E-state index contributed by atoms with van der Waals surface area (Å²) in [6.07, 6.45) is 1.98. The number of aryl methyl sites for hydroxylation is 1. The summed E-state index contributed by atoms with van der Waals surface area (Å²) in [5.41, 5.74) is 10.3. The van der Waals surface area contributed by atoms with Gasteiger partial charge in [0.1, 0.15) is 0 Å². The van der Waals surface area contributed by atoms with Gasteiger partial charge in [-0.1, -0.05) is 66.7 Å². The Balaban J connectivity index is 1.60. The van der Waals surface area contributed by atoms with E-state index in [1.54, 1.807) is 17.6 Å². The first-order chi connectivity index (χ1) is 14.7. The topological polar surface area (TPSA) is 67.2 Å². The lowest BCUT2D eigenvalue weighted by Gasteiger charge is -2.16. The molecular weight excluding hydrogens is 374 g/mol. The highest BCUT2D eigenvalue weighted by atomic mass is 16.5. The quantitative estimate of drug-likeness (QED) is 0.395. The van der Waals surface area contributed by atoms with Crippen LogP contribution in [0.25, 0.3) is 22.5 Å². The Morgan fingerprint density at radius 2 is 1.67 bits per heavy atom. The number of hydrogen-bond acceptors (Lipinski definition) is 3. The molecule has 3 aromatic carbocycles. The van der Waals surface area contributed by atoms with Crippen molar-refractivity contribution in [1.29, 1.82) is 0 Å². The molecular formula is C25H21N3O2. The average Bonchev–Trinajstić information content (AvgIpc) is 3.18. The van der Waals surface area contributed by atoms with Gasteiger partial charge in [0.05, 0.1) is 17.9 Å². The van der Waals surface area contributed by atoms with Crippen LogP contribution in [0.15, 0.2) is 78.9 Å². The van der Waals surface area contributed by atoms with Crippen LogP contribution in [0.5, 0.6) is 0 Å². The Bertz CT molecular complexity index is 1210. The van der Waals surface area contributed by atoms with Crippen LogP contribution in [0.4, 0.5) is 0 Å². The summed E-state index contributed by atoms with van der Waals surface area (Å²) in [4.78, 5) is 11.6. The fourth-order valence-electron chi connectivity index (χ4n) is 4.21. The third-order valence-corrected chi connectivity index (χ3v) is 5.66. The molecule has 0 saturated carbocycles. The molecule has 0 atom stereocenters. The van der Waals surface area contributed by atoms with Gasteiger partial charge in [0, 0.05) is 22.3 Å². The van der Waals surface area contributed by atoms with Crippen LogP contribution < -0.4 is 5.48 Å². The van der Waals surface area contributed by atoms with Gasteiger partial charge < -0.3 is 0 Å². The number of rotatable bonds is 4. The molecule has 2 N–H and O–H groups in total. The molecule has 0 fully saturated rings. The number of nitrogens with zero attached hydrogens (tertiary/aromatic N) is 2. The van der Waals surface area contributed by atoms with Gasteiger partial charge in [-0.15, -0.1) is 0 Å². The van der Waals surface area contributed by atoms with Crippen molar-refractivity contribution in [2.45, 2.75) is 19.4 Å². The lowest BCUT2D eigenvalue weighted by molar-refractivity contribution is 0.0706. The molecule has 5 heteroatoms. The fourth-order valence-corrected chi connectivity index (χ4v) is 4.21. The maximum Gasteiger partial charge on any atom is 0.274 e. The Morgan fingerprint density at radius 1 is 0.933 bits per heavy atom. The number of fused-ring (bicyclic) bond motifs is 3. The van der Waals surface area contributed by atoms with E-state index in [9.17, 15) is 4.79 Å². The van der Waals surface area contributed by atoms with Gasteiger partial charge >= 0.3 is 0 Å². The second kappa shape index (κ2) is 7.61. The van der Waals surface area contributed by atoms with Gasteiger partial charge in [-0.25, -0.2) is 5.48 Å². The van der Waals surface area contributed by atoms with Crippen molar-refractivity contribution in [3.8, 4) is 22.5 Å². The molecule has 0 saturated heterocycles. The zero-order chi connectivity index (χ0) is 20.5. The summed E-state index contributed by atoms with van der Waals surface area (Å²) in [5, 5.41) is 13.8. The van der Waals surface area contributed by atoms with Gasteiger partial charge in [-0.3, -0.25) is 14.7 Å². The number of aromatic nitrogens is 2. The normalized spacial score (nSPS) is 12.2. The molecule has 1 amide bonds. The molecule has 0 unspecified atom stereocenters. The summed E-state index contributed by atoms with van der Waals surface area (Å²) in [6.45, 7) is 0.598. The first-order valence-corrected chi connectivity index (χ1v) is 10.0. The second-order valence-corrected chi connectivity index (χ2v) is 7.49. The Kier molecular flexibility index (Phi) is 4.65. The highest BCUT2D eigenvalue weighted by Crippen LogP contribution is 2.38. The lowest BCUT2D eigenvalue weighted by atomic mass is 9.88. The molecule has 0 spiro atoms. The van der Waals surface area contributed by atoms with Crippen LogP contribution in [0.3, 0.4) is 0 Å². The van der Waals surface area contributed by atoms with Gasteiger partial charge in [0.25, 0.3) is 5.91 Å². The average molecular weight is 395 g/mol. The van der Waals surface area contributed by atoms with E-state index < -0.39 is 5.91 Å². The van der Waals surface area contributed by atoms with Gasteiger partial charge in [-0.2, -0.15) is 5.10 Å². The van der Waals surface area contributed by atoms with Crippen LogP contribution in [0.2, 0.25) is 0 Å². The molecule has 0 bridgehead atoms. The van der Waals surface area contributed by atoms with E-state index in [0.29, 0.717) is 12.1 Å². The zero-order valence-electron chi connectivity index (χ0n) is 16.4. The van der Waals surface area contributed by atoms with Crippen LogP contribution in [0.1, 0.15) is 27.0 Å². The van der Waals surface area contributed by atoms with Gasteiger partial charge in [0.2, 0.25) is 0 Å². The van der Waals surface area contributed by atoms with Crippen molar-refractivity contribution in [2.75, 3.05) is 0 Å². The Hall–Kier alpha value is -3.70. The number of hydrogen-bond donors (Lipinski definition) is 2. The first kappa shape index (κ1) is 18.3. The van der Waals surface area contributed by atoms with Crippen LogP contribution in [0, 0.1) is 0 Å². The number of benzene rings is 3. The maximum absolute atomic E-state index is 11.6. The third-order valence-electron chi connectivity index (χ3n) is 5.66. The minimum absolute atomic E-state index is 0.415. The molecule has 4 aromatic rings. The van der Waals surface area contributed by atoms with E-state index in [2.05, 4.69) is 53.2 Å². The number of nitrogens with one attached hydrogen (secondary N) is 1. The van der Waals surface area contributed by atoms with Crippen molar-refractivity contribution in [2.24, 2.45) is 0 Å². The SMILES string of the molecule is O=C(NO)c1ccc(Cn2nc3c(c2-c2ccccc2)CCc2ccccc2-3)cc1. The predicted molar refractivity (Wildman–Crippen MR) is 115 cm³/mol. The van der Waals surface area contributed by atoms with E-state index in [4.69, 9.17) is 10.3 Å². The number of carbonyl (C=O) groups is 1. The van der Waals surface area contributed by atoms with Crippen LogP contribution in [-0.4, -0.2) is 20.9 Å². The van der Waals surface area contributed by atoms with Crippen LogP contribution >= 0.6 is 0 Å². The number of carbonyl (C=O) groups excluding carboxylic acids is 1. The molecule has 1 heterocycles. The molecule has 5 rings (SSSR count). The monoisotopic (exact) mass is 395 g/mol. The highest BCUT2D eigenvalue weighted by molar-refractivity contribution is 5.93. The molecule has 1 aliphatic rings. The van der Waals surface area contributed by atoms with E-state index in [1.807, 2.05) is 18.2 Å². The summed E-state index contributed by atoms with van der Waals surface area (Å²) < 4.78 is 2.07. The molecule has 0 radical (unpaired) electrons. The Labute approximate surface area is 174 Å². The van der Waals surface area contributed by atoms with E-state index >= 15 is 0 Å². The highest BCUT2D eigenvalue weighted by Gasteiger charge is 2.25. The molecule has 30 heavy (non-hydrogen) atoms. The van der Waals surface area contributed by atoms with Crippen LogP contribution in [-0.2, 0) is 19.4 Å². The van der Waals surface area contributed by atoms with E-state index in [-0.39, 0.29) is 0 Å². The number of hydroxylamine groups is 1. The van der Waals surface area contributed by atoms with Crippen molar-refractivity contribution in [1.82, 2.24) is 15.3 Å². The molecule has 1 aromatic heterocycles. The third kappa shape index (κ3) is 3.19. The van der Waals surface area contributed by atoms with Crippen molar-refractivity contribution >= 4 is 5.91 Å². The van der Waals surface area contributed by atoms with Gasteiger partial charge in [-0.05, 0) is 36.1 Å². The van der Waals surface area contributed by atoms with Gasteiger partial charge in [0.15, 0.2) is 0 Å². The van der Waals surface area contributed by atoms with Crippen molar-refractivity contribution in [3.05, 3.63) is 101 Å². The minimum atomic E-state index is -0.516. The Morgan fingerprint density at radius 3 is 2.43 bits per heavy atom. The minimum Gasteiger partial charge on any atom is -0.288 e. The predicted octanol–water partition coefficient (Wildman–Crippen LogP) is 4.48. The lowest BCUT2D eigenvalue weighted by Crippen LogP contribution is -2.18. The zero-order valence-corrected chi connectivity index (χ0v) is 16.4. The van der Waals surface area contributed by atoms with E-state index in [0.717, 1.165) is 35.4 Å². The molecule has 0 aliphatic heterocycles. The number of amides is 1. The molecule has 1 aliphatic carbocycles. The summed E-state index contributed by atoms with van der Waals surface area (Å²) in [6, 6.07) is 26.1. The summed E-state index contributed by atoms with van der Waals surface area (Å²) >= 11 is 0. The molecule has 148 valence electrons. The fraction of sp³-hybridized carbons (Fsp3) is 0.120. The maximum atomic E-state index is 11.6. The molecule has 5 nitrogen and oxygen atoms in total. The smallest absolute Gasteiger partial charge is 0.274 e. The summed E-state index contributed by atoms with van der Waals surface area (Å²) in [5.74, 6) is -0.516. The standard InChI is InChI=1S/C25H21N3O2/c29-25(27-30)20-12-10-17(11-13-20)16-28-24(19-7-2-1-3-8-19)22-15-14-18-6-4-5-9-21(18)23(22)26-28/h1-13,30H,14-16H2,(H,27,29). The van der Waals surface area contributed by atoms with Crippen molar-refractivity contribution in [3.63, 3.8) is 0 Å². The van der Waals surface area contributed by atoms with Crippen molar-refractivity contribution < 1.29 is 10.0 Å². The largest absolute Gasteiger partial charge is 0.288 e. The van der Waals surface area contributed by atoms with E-state index in [1.165, 1.54) is 16.7 Å². The first-order valence-electron chi connectivity index (χ1n) is 10.0.